The third kappa shape index (κ3) is 3.59. The third-order valence-electron chi connectivity index (χ3n) is 2.97. The molecule has 7 nitrogen and oxygen atoms in total. The second kappa shape index (κ2) is 6.23. The molecule has 2 aromatic rings. The summed E-state index contributed by atoms with van der Waals surface area (Å²) in [5.74, 6) is 0. The molecule has 2 heterocycles. The SMILES string of the molecule is CCNCc1c(S(=O)(=O)Nc2cncc(C)c2)n[nH]c1C. The Labute approximate surface area is 124 Å². The first-order valence-electron chi connectivity index (χ1n) is 6.63. The number of H-pyrrole nitrogens is 1. The van der Waals surface area contributed by atoms with E-state index in [1.165, 1.54) is 6.20 Å². The van der Waals surface area contributed by atoms with E-state index in [-0.39, 0.29) is 5.03 Å². The summed E-state index contributed by atoms with van der Waals surface area (Å²) in [6.07, 6.45) is 3.13. The lowest BCUT2D eigenvalue weighted by molar-refractivity contribution is 0.594. The smallest absolute Gasteiger partial charge is 0.281 e. The van der Waals surface area contributed by atoms with Crippen LogP contribution < -0.4 is 10.0 Å². The topological polar surface area (TPSA) is 99.8 Å². The standard InChI is InChI=1S/C13H19N5O2S/c1-4-14-8-12-10(3)16-17-13(12)21(19,20)18-11-5-9(2)6-15-7-11/h5-7,14,18H,4,8H2,1-3H3,(H,16,17). The lowest BCUT2D eigenvalue weighted by Crippen LogP contribution is -2.19. The van der Waals surface area contributed by atoms with Gasteiger partial charge in [-0.05, 0) is 32.0 Å². The van der Waals surface area contributed by atoms with Crippen molar-refractivity contribution in [3.63, 3.8) is 0 Å². The van der Waals surface area contributed by atoms with Gasteiger partial charge in [0.15, 0.2) is 0 Å². The molecule has 0 saturated carbocycles. The molecule has 0 atom stereocenters. The summed E-state index contributed by atoms with van der Waals surface area (Å²) in [7, 11) is -3.74. The Hall–Kier alpha value is -1.93. The first kappa shape index (κ1) is 15.5. The number of rotatable bonds is 6. The van der Waals surface area contributed by atoms with Gasteiger partial charge < -0.3 is 5.32 Å². The molecule has 0 radical (unpaired) electrons. The van der Waals surface area contributed by atoms with Gasteiger partial charge >= 0.3 is 0 Å². The quantitative estimate of drug-likeness (QED) is 0.747. The highest BCUT2D eigenvalue weighted by Gasteiger charge is 2.23. The molecule has 8 heteroatoms. The Morgan fingerprint density at radius 1 is 1.29 bits per heavy atom. The summed E-state index contributed by atoms with van der Waals surface area (Å²) in [4.78, 5) is 3.97. The molecule has 0 fully saturated rings. The Kier molecular flexibility index (Phi) is 4.59. The predicted octanol–water partition coefficient (Wildman–Crippen LogP) is 1.33. The van der Waals surface area contributed by atoms with E-state index in [1.807, 2.05) is 13.8 Å². The summed E-state index contributed by atoms with van der Waals surface area (Å²) in [6.45, 7) is 6.80. The number of nitrogens with zero attached hydrogens (tertiary/aromatic N) is 2. The molecule has 0 saturated heterocycles. The van der Waals surface area contributed by atoms with Gasteiger partial charge in [-0.25, -0.2) is 0 Å². The average molecular weight is 309 g/mol. The zero-order valence-corrected chi connectivity index (χ0v) is 13.1. The highest BCUT2D eigenvalue weighted by molar-refractivity contribution is 7.92. The Balaban J connectivity index is 2.31. The fourth-order valence-electron chi connectivity index (χ4n) is 1.92. The van der Waals surface area contributed by atoms with Crippen molar-refractivity contribution in [1.29, 1.82) is 0 Å². The number of sulfonamides is 1. The van der Waals surface area contributed by atoms with Crippen LogP contribution in [0, 0.1) is 13.8 Å². The zero-order valence-electron chi connectivity index (χ0n) is 12.3. The van der Waals surface area contributed by atoms with E-state index in [2.05, 4.69) is 25.2 Å². The average Bonchev–Trinajstić information content (AvgIpc) is 2.78. The number of aromatic nitrogens is 3. The fraction of sp³-hybridized carbons (Fsp3) is 0.385. The highest BCUT2D eigenvalue weighted by atomic mass is 32.2. The number of aromatic amines is 1. The number of pyridine rings is 1. The summed E-state index contributed by atoms with van der Waals surface area (Å²) in [5.41, 5.74) is 2.68. The molecule has 0 amide bonds. The number of aryl methyl sites for hydroxylation is 2. The van der Waals surface area contributed by atoms with E-state index in [9.17, 15) is 8.42 Å². The van der Waals surface area contributed by atoms with Gasteiger partial charge in [0, 0.05) is 24.0 Å². The maximum Gasteiger partial charge on any atom is 0.281 e. The van der Waals surface area contributed by atoms with Crippen LogP contribution in [0.15, 0.2) is 23.5 Å². The number of anilines is 1. The molecule has 2 aromatic heterocycles. The van der Waals surface area contributed by atoms with Crippen molar-refractivity contribution in [2.75, 3.05) is 11.3 Å². The summed E-state index contributed by atoms with van der Waals surface area (Å²) < 4.78 is 27.4. The third-order valence-corrected chi connectivity index (χ3v) is 4.32. The Morgan fingerprint density at radius 3 is 2.71 bits per heavy atom. The van der Waals surface area contributed by atoms with Crippen LogP contribution in [0.5, 0.6) is 0 Å². The van der Waals surface area contributed by atoms with Crippen molar-refractivity contribution in [2.45, 2.75) is 32.3 Å². The number of hydrogen-bond donors (Lipinski definition) is 3. The van der Waals surface area contributed by atoms with Gasteiger partial charge in [0.2, 0.25) is 5.03 Å². The molecule has 0 spiro atoms. The predicted molar refractivity (Wildman–Crippen MR) is 80.5 cm³/mol. The van der Waals surface area contributed by atoms with Gasteiger partial charge in [0.1, 0.15) is 0 Å². The molecule has 114 valence electrons. The minimum Gasteiger partial charge on any atom is -0.313 e. The van der Waals surface area contributed by atoms with Crippen LogP contribution in [0.25, 0.3) is 0 Å². The van der Waals surface area contributed by atoms with Gasteiger partial charge in [0.25, 0.3) is 10.0 Å². The lowest BCUT2D eigenvalue weighted by atomic mass is 10.2. The van der Waals surface area contributed by atoms with E-state index >= 15 is 0 Å². The van der Waals surface area contributed by atoms with Crippen molar-refractivity contribution < 1.29 is 8.42 Å². The minimum atomic E-state index is -3.74. The maximum absolute atomic E-state index is 12.5. The van der Waals surface area contributed by atoms with Crippen LogP contribution in [0.4, 0.5) is 5.69 Å². The van der Waals surface area contributed by atoms with Crippen LogP contribution in [-0.4, -0.2) is 30.1 Å². The molecule has 0 aliphatic heterocycles. The van der Waals surface area contributed by atoms with Gasteiger partial charge in [-0.3, -0.25) is 14.8 Å². The molecule has 0 aromatic carbocycles. The molecule has 0 aliphatic rings. The lowest BCUT2D eigenvalue weighted by Gasteiger charge is -2.08. The van der Waals surface area contributed by atoms with Crippen LogP contribution in [-0.2, 0) is 16.6 Å². The Bertz CT molecular complexity index is 724. The van der Waals surface area contributed by atoms with E-state index in [4.69, 9.17) is 0 Å². The molecule has 3 N–H and O–H groups in total. The maximum atomic E-state index is 12.5. The number of hydrogen-bond acceptors (Lipinski definition) is 5. The van der Waals surface area contributed by atoms with Crippen molar-refractivity contribution in [3.05, 3.63) is 35.3 Å². The largest absolute Gasteiger partial charge is 0.313 e. The van der Waals surface area contributed by atoms with E-state index in [0.29, 0.717) is 17.8 Å². The summed E-state index contributed by atoms with van der Waals surface area (Å²) in [5, 5.41) is 9.78. The molecular formula is C13H19N5O2S. The zero-order chi connectivity index (χ0) is 15.5. The van der Waals surface area contributed by atoms with Crippen molar-refractivity contribution in [2.24, 2.45) is 0 Å². The van der Waals surface area contributed by atoms with Gasteiger partial charge in [-0.2, -0.15) is 13.5 Å². The molecule has 2 rings (SSSR count). The molecule has 0 aliphatic carbocycles. The van der Waals surface area contributed by atoms with Gasteiger partial charge in [-0.15, -0.1) is 0 Å². The Morgan fingerprint density at radius 2 is 2.05 bits per heavy atom. The second-order valence-electron chi connectivity index (χ2n) is 4.77. The monoisotopic (exact) mass is 309 g/mol. The molecule has 0 bridgehead atoms. The van der Waals surface area contributed by atoms with E-state index in [1.54, 1.807) is 19.2 Å². The van der Waals surface area contributed by atoms with Crippen LogP contribution in [0.3, 0.4) is 0 Å². The first-order valence-corrected chi connectivity index (χ1v) is 8.11. The van der Waals surface area contributed by atoms with Crippen LogP contribution in [0.2, 0.25) is 0 Å². The normalized spacial score (nSPS) is 11.6. The minimum absolute atomic E-state index is 0.0162. The van der Waals surface area contributed by atoms with Crippen LogP contribution >= 0.6 is 0 Å². The summed E-state index contributed by atoms with van der Waals surface area (Å²) >= 11 is 0. The fourth-order valence-corrected chi connectivity index (χ4v) is 3.16. The number of nitrogens with one attached hydrogen (secondary N) is 3. The van der Waals surface area contributed by atoms with Gasteiger partial charge in [0.05, 0.1) is 11.9 Å². The molecule has 21 heavy (non-hydrogen) atoms. The van der Waals surface area contributed by atoms with Crippen LogP contribution in [0.1, 0.15) is 23.7 Å². The van der Waals surface area contributed by atoms with Crippen molar-refractivity contribution in [3.8, 4) is 0 Å². The molecule has 0 unspecified atom stereocenters. The summed E-state index contributed by atoms with van der Waals surface area (Å²) in [6, 6.07) is 1.72. The highest BCUT2D eigenvalue weighted by Crippen LogP contribution is 2.19. The second-order valence-corrected chi connectivity index (χ2v) is 6.37. The van der Waals surface area contributed by atoms with Crippen molar-refractivity contribution in [1.82, 2.24) is 20.5 Å². The first-order chi connectivity index (χ1) is 9.94. The van der Waals surface area contributed by atoms with Gasteiger partial charge in [-0.1, -0.05) is 6.92 Å². The molecular weight excluding hydrogens is 290 g/mol. The van der Waals surface area contributed by atoms with E-state index in [0.717, 1.165) is 17.8 Å². The van der Waals surface area contributed by atoms with Crippen molar-refractivity contribution >= 4 is 15.7 Å². The van der Waals surface area contributed by atoms with E-state index < -0.39 is 10.0 Å².